The van der Waals surface area contributed by atoms with Crippen molar-refractivity contribution in [1.29, 1.82) is 0 Å². The van der Waals surface area contributed by atoms with E-state index in [0.29, 0.717) is 0 Å². The molecule has 1 aromatic carbocycles. The van der Waals surface area contributed by atoms with Gasteiger partial charge >= 0.3 is 18.9 Å². The summed E-state index contributed by atoms with van der Waals surface area (Å²) < 4.78 is 4.74. The van der Waals surface area contributed by atoms with Crippen LogP contribution >= 0.6 is 7.72 Å². The molecule has 0 unspecified atom stereocenters. The number of methoxy groups -OCH3 is 1. The predicted molar refractivity (Wildman–Crippen MR) is 75.5 cm³/mol. The van der Waals surface area contributed by atoms with Crippen LogP contribution in [0.3, 0.4) is 0 Å². The van der Waals surface area contributed by atoms with Gasteiger partial charge in [-0.25, -0.2) is 14.6 Å². The maximum absolute atomic E-state index is 12.1. The highest BCUT2D eigenvalue weighted by atomic mass is 31.2. The maximum Gasteiger partial charge on any atom is 0.357 e. The van der Waals surface area contributed by atoms with Crippen molar-refractivity contribution in [3.05, 3.63) is 27.8 Å². The Kier molecular flexibility index (Phi) is 5.56. The minimum absolute atomic E-state index is 0.176. The van der Waals surface area contributed by atoms with Crippen molar-refractivity contribution in [2.75, 3.05) is 19.8 Å². The number of nitrogens with zero attached hydrogens (tertiary/aromatic N) is 1. The molecule has 10 heteroatoms. The number of nitro benzene ring substituents is 1. The van der Waals surface area contributed by atoms with Gasteiger partial charge in [0.2, 0.25) is 5.75 Å². The number of ether oxygens (including phenoxy) is 1. The van der Waals surface area contributed by atoms with E-state index in [0.717, 1.165) is 19.2 Å². The molecular formula is C11H16N2O7P+. The van der Waals surface area contributed by atoms with Crippen molar-refractivity contribution in [2.45, 2.75) is 6.42 Å². The van der Waals surface area contributed by atoms with Crippen molar-refractivity contribution >= 4 is 18.9 Å². The first-order valence-electron chi connectivity index (χ1n) is 5.88. The van der Waals surface area contributed by atoms with Gasteiger partial charge in [-0.2, -0.15) is 0 Å². The summed E-state index contributed by atoms with van der Waals surface area (Å²) in [5, 5.41) is 20.4. The molecule has 0 saturated heterocycles. The molecule has 0 saturated carbocycles. The lowest BCUT2D eigenvalue weighted by Gasteiger charge is -2.11. The van der Waals surface area contributed by atoms with Crippen molar-refractivity contribution in [3.63, 3.8) is 0 Å². The molecule has 0 spiro atoms. The second kappa shape index (κ2) is 6.77. The average molecular weight is 319 g/mol. The van der Waals surface area contributed by atoms with Crippen LogP contribution in [0.15, 0.2) is 12.1 Å². The monoisotopic (exact) mass is 319 g/mol. The lowest BCUT2D eigenvalue weighted by molar-refractivity contribution is -0.386. The summed E-state index contributed by atoms with van der Waals surface area (Å²) in [4.78, 5) is 41.6. The van der Waals surface area contributed by atoms with Crippen LogP contribution in [0, 0.1) is 10.1 Å². The molecule has 0 atom stereocenters. The van der Waals surface area contributed by atoms with Gasteiger partial charge in [-0.05, 0) is 19.0 Å². The zero-order valence-corrected chi connectivity index (χ0v) is 12.1. The molecule has 1 rings (SSSR count). The fraction of sp³-hybridized carbons (Fsp3) is 0.364. The van der Waals surface area contributed by atoms with E-state index < -0.39 is 29.6 Å². The number of carbonyl (C=O) groups is 1. The number of hydrogen-bond acceptors (Lipinski definition) is 8. The topological polar surface area (TPSA) is 156 Å². The number of phenolic OH excluding ortho intramolecular Hbond substituents is 1. The molecule has 116 valence electrons. The van der Waals surface area contributed by atoms with E-state index in [1.807, 2.05) is 0 Å². The summed E-state index contributed by atoms with van der Waals surface area (Å²) in [6, 6.07) is 1.80. The highest BCUT2D eigenvalue weighted by Crippen LogP contribution is 2.54. The molecule has 21 heavy (non-hydrogen) atoms. The Morgan fingerprint density at radius 1 is 1.48 bits per heavy atom. The number of nitrogens with two attached hydrogens (primary N) is 1. The molecule has 0 amide bonds. The molecular weight excluding hydrogens is 303 g/mol. The van der Waals surface area contributed by atoms with Gasteiger partial charge in [0.15, 0.2) is 5.75 Å². The van der Waals surface area contributed by atoms with Gasteiger partial charge in [0.1, 0.15) is 6.16 Å². The van der Waals surface area contributed by atoms with Crippen LogP contribution in [0.25, 0.3) is 0 Å². The van der Waals surface area contributed by atoms with Crippen LogP contribution in [0.1, 0.15) is 16.8 Å². The molecule has 0 bridgehead atoms. The molecule has 0 aromatic heterocycles. The number of carbonyl (C=O) groups excluding carboxylic acids is 1. The third kappa shape index (κ3) is 3.85. The molecule has 0 radical (unpaired) electrons. The maximum atomic E-state index is 12.1. The van der Waals surface area contributed by atoms with Crippen molar-refractivity contribution in [3.8, 4) is 11.5 Å². The minimum Gasteiger partial charge on any atom is -0.500 e. The Hall–Kier alpha value is -1.80. The minimum atomic E-state index is -3.95. The van der Waals surface area contributed by atoms with Crippen LogP contribution in [0.5, 0.6) is 11.5 Å². The highest BCUT2D eigenvalue weighted by molar-refractivity contribution is 7.81. The van der Waals surface area contributed by atoms with Crippen LogP contribution < -0.4 is 10.5 Å². The standard InChI is InChI=1S/C11H15N2O7P/c1-20-9-6-7(5-8(10(9)14)13(16)17)11(15)21(18,19)4-2-3-12/h5-6,18-19H,2-4,12H2,1H3/p+1. The van der Waals surface area contributed by atoms with Crippen LogP contribution in [-0.2, 0) is 0 Å². The van der Waals surface area contributed by atoms with Crippen molar-refractivity contribution in [2.24, 2.45) is 5.73 Å². The molecule has 0 fully saturated rings. The quantitative estimate of drug-likeness (QED) is 0.324. The van der Waals surface area contributed by atoms with Crippen LogP contribution in [-0.4, -0.2) is 45.2 Å². The average Bonchev–Trinajstić information content (AvgIpc) is 2.44. The van der Waals surface area contributed by atoms with E-state index >= 15 is 0 Å². The van der Waals surface area contributed by atoms with Gasteiger partial charge in [0.25, 0.3) is 0 Å². The summed E-state index contributed by atoms with van der Waals surface area (Å²) in [7, 11) is -2.79. The molecule has 9 nitrogen and oxygen atoms in total. The summed E-state index contributed by atoms with van der Waals surface area (Å²) in [6.45, 7) is 0.176. The van der Waals surface area contributed by atoms with Crippen LogP contribution in [0.4, 0.5) is 5.69 Å². The number of rotatable bonds is 7. The SMILES string of the molecule is COc1cc(C(=O)[P+](O)(O)CCCN)cc([N+](=O)[O-])c1O. The van der Waals surface area contributed by atoms with E-state index in [4.69, 9.17) is 10.5 Å². The summed E-state index contributed by atoms with van der Waals surface area (Å²) in [5.41, 5.74) is 3.15. The fourth-order valence-electron chi connectivity index (χ4n) is 1.63. The first-order chi connectivity index (χ1) is 9.74. The Bertz CT molecular complexity index is 562. The highest BCUT2D eigenvalue weighted by Gasteiger charge is 2.45. The Morgan fingerprint density at radius 2 is 2.10 bits per heavy atom. The first kappa shape index (κ1) is 17.3. The first-order valence-corrected chi connectivity index (χ1v) is 7.76. The van der Waals surface area contributed by atoms with Gasteiger partial charge in [-0.15, -0.1) is 0 Å². The van der Waals surface area contributed by atoms with Crippen molar-refractivity contribution in [1.82, 2.24) is 0 Å². The van der Waals surface area contributed by atoms with E-state index in [1.165, 1.54) is 0 Å². The van der Waals surface area contributed by atoms with Gasteiger partial charge < -0.3 is 15.6 Å². The van der Waals surface area contributed by atoms with Crippen molar-refractivity contribution < 1.29 is 29.3 Å². The Labute approximate surface area is 120 Å². The second-order valence-electron chi connectivity index (χ2n) is 4.20. The lowest BCUT2D eigenvalue weighted by atomic mass is 10.2. The number of benzene rings is 1. The molecule has 0 aliphatic rings. The van der Waals surface area contributed by atoms with E-state index in [1.54, 1.807) is 0 Å². The van der Waals surface area contributed by atoms with Crippen LogP contribution in [0.2, 0.25) is 0 Å². The molecule has 5 N–H and O–H groups in total. The lowest BCUT2D eigenvalue weighted by Crippen LogP contribution is -2.13. The zero-order valence-electron chi connectivity index (χ0n) is 11.2. The predicted octanol–water partition coefficient (Wildman–Crippen LogP) is 0.630. The van der Waals surface area contributed by atoms with Gasteiger partial charge in [-0.3, -0.25) is 10.1 Å². The summed E-state index contributed by atoms with van der Waals surface area (Å²) in [6.07, 6.45) is 0.0170. The largest absolute Gasteiger partial charge is 0.500 e. The number of phenols is 1. The normalized spacial score (nSPS) is 11.2. The second-order valence-corrected chi connectivity index (χ2v) is 6.52. The van der Waals surface area contributed by atoms with E-state index in [9.17, 15) is 29.8 Å². The molecule has 0 aliphatic carbocycles. The number of nitro groups is 1. The molecule has 1 aromatic rings. The van der Waals surface area contributed by atoms with E-state index in [-0.39, 0.29) is 30.4 Å². The van der Waals surface area contributed by atoms with Gasteiger partial charge in [0, 0.05) is 6.07 Å². The van der Waals surface area contributed by atoms with E-state index in [2.05, 4.69) is 0 Å². The summed E-state index contributed by atoms with van der Waals surface area (Å²) >= 11 is 0. The Morgan fingerprint density at radius 3 is 2.57 bits per heavy atom. The fourth-order valence-corrected chi connectivity index (χ4v) is 3.00. The number of hydrogen-bond donors (Lipinski definition) is 4. The number of aromatic hydroxyl groups is 1. The third-order valence-corrected chi connectivity index (χ3v) is 4.57. The summed E-state index contributed by atoms with van der Waals surface area (Å²) in [5.74, 6) is -1.04. The van der Waals surface area contributed by atoms with Gasteiger partial charge in [0.05, 0.1) is 17.6 Å². The zero-order chi connectivity index (χ0) is 16.2. The molecule has 0 aliphatic heterocycles. The third-order valence-electron chi connectivity index (χ3n) is 2.72. The molecule has 0 heterocycles. The smallest absolute Gasteiger partial charge is 0.357 e. The Balaban J connectivity index is 3.27. The van der Waals surface area contributed by atoms with Gasteiger partial charge in [-0.1, -0.05) is 0 Å².